The Morgan fingerprint density at radius 1 is 1.47 bits per heavy atom. The predicted octanol–water partition coefficient (Wildman–Crippen LogP) is -0.550. The van der Waals surface area contributed by atoms with Crippen molar-refractivity contribution in [1.82, 2.24) is 9.03 Å². The first-order valence-corrected chi connectivity index (χ1v) is 5.64. The van der Waals surface area contributed by atoms with Gasteiger partial charge in [-0.05, 0) is 6.42 Å². The van der Waals surface area contributed by atoms with E-state index in [1.807, 2.05) is 0 Å². The van der Waals surface area contributed by atoms with Gasteiger partial charge in [-0.1, -0.05) is 0 Å². The fraction of sp³-hybridized carbons (Fsp3) is 1.00. The first-order valence-electron chi connectivity index (χ1n) is 4.20. The zero-order chi connectivity index (χ0) is 11.7. The third-order valence-corrected chi connectivity index (χ3v) is 3.44. The van der Waals surface area contributed by atoms with Gasteiger partial charge in [-0.3, -0.25) is 0 Å². The highest BCUT2D eigenvalue weighted by molar-refractivity contribution is 7.87. The van der Waals surface area contributed by atoms with Gasteiger partial charge in [0, 0.05) is 13.1 Å². The van der Waals surface area contributed by atoms with Crippen molar-refractivity contribution in [3.8, 4) is 0 Å². The molecule has 0 aromatic rings. The van der Waals surface area contributed by atoms with Crippen molar-refractivity contribution in [1.29, 1.82) is 0 Å². The van der Waals surface area contributed by atoms with Crippen LogP contribution in [-0.4, -0.2) is 49.7 Å². The van der Waals surface area contributed by atoms with E-state index in [-0.39, 0.29) is 19.5 Å². The molecule has 0 aromatic carbocycles. The van der Waals surface area contributed by atoms with Gasteiger partial charge in [0.2, 0.25) is 0 Å². The molecule has 5 nitrogen and oxygen atoms in total. The average Bonchev–Trinajstić information content (AvgIpc) is 2.48. The summed E-state index contributed by atoms with van der Waals surface area (Å²) in [4.78, 5) is 0. The number of hydrogen-bond acceptors (Lipinski definition) is 3. The van der Waals surface area contributed by atoms with Crippen molar-refractivity contribution >= 4 is 10.2 Å². The molecular formula is C6H11F3N2O3S. The van der Waals surface area contributed by atoms with Crippen molar-refractivity contribution < 1.29 is 26.7 Å². The van der Waals surface area contributed by atoms with Gasteiger partial charge >= 0.3 is 6.18 Å². The Hall–Kier alpha value is -0.380. The first kappa shape index (κ1) is 12.7. The van der Waals surface area contributed by atoms with E-state index in [9.17, 15) is 21.6 Å². The quantitative estimate of drug-likeness (QED) is 0.704. The Labute approximate surface area is 85.1 Å². The monoisotopic (exact) mass is 248 g/mol. The number of rotatable bonds is 3. The Kier molecular flexibility index (Phi) is 3.59. The Balaban J connectivity index is 2.53. The van der Waals surface area contributed by atoms with Crippen LogP contribution in [0.3, 0.4) is 0 Å². The number of nitrogens with zero attached hydrogens (tertiary/aromatic N) is 1. The molecule has 0 radical (unpaired) electrons. The third kappa shape index (κ3) is 3.93. The van der Waals surface area contributed by atoms with E-state index in [4.69, 9.17) is 5.11 Å². The first-order chi connectivity index (χ1) is 6.71. The van der Waals surface area contributed by atoms with Gasteiger partial charge in [0.05, 0.1) is 6.10 Å². The molecule has 0 spiro atoms. The highest BCUT2D eigenvalue weighted by Gasteiger charge is 2.34. The lowest BCUT2D eigenvalue weighted by Gasteiger charge is -2.16. The van der Waals surface area contributed by atoms with Gasteiger partial charge in [-0.25, -0.2) is 0 Å². The lowest BCUT2D eigenvalue weighted by Crippen LogP contribution is -2.43. The molecule has 1 rings (SSSR count). The second-order valence-electron chi connectivity index (χ2n) is 3.24. The minimum Gasteiger partial charge on any atom is -0.392 e. The van der Waals surface area contributed by atoms with E-state index in [0.717, 1.165) is 4.31 Å². The smallest absolute Gasteiger partial charge is 0.392 e. The minimum absolute atomic E-state index is 0.0361. The van der Waals surface area contributed by atoms with Crippen LogP contribution in [0.4, 0.5) is 13.2 Å². The number of nitrogens with one attached hydrogen (secondary N) is 1. The van der Waals surface area contributed by atoms with Gasteiger partial charge in [0.25, 0.3) is 10.2 Å². The molecular weight excluding hydrogens is 237 g/mol. The van der Waals surface area contributed by atoms with Crippen LogP contribution in [0.1, 0.15) is 6.42 Å². The molecule has 1 fully saturated rings. The molecule has 1 saturated heterocycles. The topological polar surface area (TPSA) is 69.6 Å². The van der Waals surface area contributed by atoms with Crippen LogP contribution < -0.4 is 4.72 Å². The van der Waals surface area contributed by atoms with E-state index < -0.39 is 29.0 Å². The lowest BCUT2D eigenvalue weighted by atomic mass is 10.3. The van der Waals surface area contributed by atoms with Crippen molar-refractivity contribution in [3.63, 3.8) is 0 Å². The van der Waals surface area contributed by atoms with Crippen LogP contribution in [0.2, 0.25) is 0 Å². The zero-order valence-electron chi connectivity index (χ0n) is 7.66. The van der Waals surface area contributed by atoms with Crippen molar-refractivity contribution in [2.24, 2.45) is 0 Å². The fourth-order valence-corrected chi connectivity index (χ4v) is 2.44. The molecule has 1 aliphatic heterocycles. The molecule has 0 unspecified atom stereocenters. The lowest BCUT2D eigenvalue weighted by molar-refractivity contribution is -0.121. The van der Waals surface area contributed by atoms with Gasteiger partial charge in [0.1, 0.15) is 6.54 Å². The van der Waals surface area contributed by atoms with Crippen molar-refractivity contribution in [2.75, 3.05) is 19.6 Å². The van der Waals surface area contributed by atoms with Crippen molar-refractivity contribution in [3.05, 3.63) is 0 Å². The Bertz CT molecular complexity index is 316. The van der Waals surface area contributed by atoms with Crippen LogP contribution in [0, 0.1) is 0 Å². The minimum atomic E-state index is -4.58. The summed E-state index contributed by atoms with van der Waals surface area (Å²) < 4.78 is 59.9. The van der Waals surface area contributed by atoms with Gasteiger partial charge < -0.3 is 5.11 Å². The number of alkyl halides is 3. The molecule has 1 atom stereocenters. The van der Waals surface area contributed by atoms with E-state index in [1.54, 1.807) is 0 Å². The second-order valence-corrected chi connectivity index (χ2v) is 5.00. The fourth-order valence-electron chi connectivity index (χ4n) is 1.19. The van der Waals surface area contributed by atoms with E-state index >= 15 is 0 Å². The molecule has 90 valence electrons. The van der Waals surface area contributed by atoms with Gasteiger partial charge in [-0.2, -0.15) is 30.6 Å². The molecule has 0 amide bonds. The average molecular weight is 248 g/mol. The molecule has 0 bridgehead atoms. The van der Waals surface area contributed by atoms with Crippen LogP contribution in [0.5, 0.6) is 0 Å². The standard InChI is InChI=1S/C6H11F3N2O3S/c7-6(8,9)4-10-15(13,14)11-2-1-5(12)3-11/h5,10,12H,1-4H2/t5-/m0/s1. The SMILES string of the molecule is O=S(=O)(NCC(F)(F)F)N1CC[C@H](O)C1. The molecule has 0 saturated carbocycles. The summed E-state index contributed by atoms with van der Waals surface area (Å²) in [5, 5.41) is 9.03. The summed E-state index contributed by atoms with van der Waals surface area (Å²) >= 11 is 0. The van der Waals surface area contributed by atoms with Crippen molar-refractivity contribution in [2.45, 2.75) is 18.7 Å². The maximum atomic E-state index is 11.8. The highest BCUT2D eigenvalue weighted by Crippen LogP contribution is 2.16. The number of hydrogen-bond donors (Lipinski definition) is 2. The van der Waals surface area contributed by atoms with E-state index in [2.05, 4.69) is 0 Å². The maximum Gasteiger partial charge on any atom is 0.402 e. The number of aliphatic hydroxyl groups excluding tert-OH is 1. The van der Waals surface area contributed by atoms with Crippen LogP contribution in [0.15, 0.2) is 0 Å². The summed E-state index contributed by atoms with van der Waals surface area (Å²) in [7, 11) is -4.12. The third-order valence-electron chi connectivity index (χ3n) is 1.92. The largest absolute Gasteiger partial charge is 0.402 e. The molecule has 0 aromatic heterocycles. The highest BCUT2D eigenvalue weighted by atomic mass is 32.2. The van der Waals surface area contributed by atoms with Gasteiger partial charge in [0.15, 0.2) is 0 Å². The number of aliphatic hydroxyl groups is 1. The maximum absolute atomic E-state index is 11.8. The summed E-state index contributed by atoms with van der Waals surface area (Å²) in [5.41, 5.74) is 0. The zero-order valence-corrected chi connectivity index (χ0v) is 8.48. The van der Waals surface area contributed by atoms with Crippen LogP contribution in [-0.2, 0) is 10.2 Å². The number of halogens is 3. The molecule has 1 aliphatic rings. The van der Waals surface area contributed by atoms with Crippen LogP contribution >= 0.6 is 0 Å². The summed E-state index contributed by atoms with van der Waals surface area (Å²) in [6.07, 6.45) is -5.13. The summed E-state index contributed by atoms with van der Waals surface area (Å²) in [5.74, 6) is 0. The molecule has 15 heavy (non-hydrogen) atoms. The second kappa shape index (κ2) is 4.24. The predicted molar refractivity (Wildman–Crippen MR) is 45.2 cm³/mol. The molecule has 0 aliphatic carbocycles. The molecule has 1 heterocycles. The van der Waals surface area contributed by atoms with Gasteiger partial charge in [-0.15, -0.1) is 0 Å². The molecule has 2 N–H and O–H groups in total. The normalized spacial score (nSPS) is 24.7. The van der Waals surface area contributed by atoms with E-state index in [0.29, 0.717) is 0 Å². The van der Waals surface area contributed by atoms with Crippen LogP contribution in [0.25, 0.3) is 0 Å². The van der Waals surface area contributed by atoms with E-state index in [1.165, 1.54) is 4.72 Å². The Morgan fingerprint density at radius 2 is 2.07 bits per heavy atom. The summed E-state index contributed by atoms with van der Waals surface area (Å²) in [6, 6.07) is 0. The summed E-state index contributed by atoms with van der Waals surface area (Å²) in [6.45, 7) is -1.72. The molecule has 9 heteroatoms. The Morgan fingerprint density at radius 3 is 2.47 bits per heavy atom. The number of β-amino-alcohol motifs (C(OH)–C–C–N with tert-alkyl or cyclic N) is 1.